The average molecular weight is 574 g/mol. The van der Waals surface area contributed by atoms with E-state index >= 15 is 0 Å². The van der Waals surface area contributed by atoms with Crippen molar-refractivity contribution >= 4 is 41.8 Å². The molecule has 0 aromatic heterocycles. The molecule has 1 unspecified atom stereocenters. The number of benzene rings is 1. The number of piperazine rings is 1. The van der Waals surface area contributed by atoms with Gasteiger partial charge >= 0.3 is 0 Å². The Kier molecular flexibility index (Phi) is 11.3. The summed E-state index contributed by atoms with van der Waals surface area (Å²) in [5, 5.41) is 6.02. The van der Waals surface area contributed by atoms with Crippen LogP contribution in [-0.4, -0.2) is 97.4 Å². The topological polar surface area (TPSA) is 80.3 Å². The van der Waals surface area contributed by atoms with E-state index in [1.165, 1.54) is 12.1 Å². The van der Waals surface area contributed by atoms with Crippen molar-refractivity contribution in [1.82, 2.24) is 25.3 Å². The van der Waals surface area contributed by atoms with Gasteiger partial charge in [0.2, 0.25) is 5.91 Å². The van der Waals surface area contributed by atoms with Crippen LogP contribution in [0.15, 0.2) is 29.3 Å². The Balaban J connectivity index is 0.00000385. The molecule has 2 N–H and O–H groups in total. The average Bonchev–Trinajstić information content (AvgIpc) is 3.35. The van der Waals surface area contributed by atoms with Gasteiger partial charge in [-0.15, -0.1) is 24.0 Å². The summed E-state index contributed by atoms with van der Waals surface area (Å²) in [5.41, 5.74) is 0.0390. The number of hydrogen-bond donors (Lipinski definition) is 2. The van der Waals surface area contributed by atoms with Crippen LogP contribution in [-0.2, 0) is 4.79 Å². The van der Waals surface area contributed by atoms with E-state index in [9.17, 15) is 14.0 Å². The van der Waals surface area contributed by atoms with E-state index in [4.69, 9.17) is 0 Å². The van der Waals surface area contributed by atoms with Crippen molar-refractivity contribution < 1.29 is 14.0 Å². The number of hydrogen-bond acceptors (Lipinski definition) is 4. The van der Waals surface area contributed by atoms with Crippen LogP contribution in [0.2, 0.25) is 0 Å². The van der Waals surface area contributed by atoms with E-state index in [0.717, 1.165) is 64.6 Å². The molecule has 1 atom stereocenters. The number of nitrogens with one attached hydrogen (secondary N) is 2. The minimum Gasteiger partial charge on any atom is -0.357 e. The first kappa shape index (κ1) is 27.3. The Morgan fingerprint density at radius 1 is 1.03 bits per heavy atom. The lowest BCUT2D eigenvalue weighted by Gasteiger charge is -2.39. The highest BCUT2D eigenvalue weighted by atomic mass is 127. The molecule has 2 aliphatic rings. The van der Waals surface area contributed by atoms with Crippen LogP contribution < -0.4 is 10.6 Å². The largest absolute Gasteiger partial charge is 0.357 e. The summed E-state index contributed by atoms with van der Waals surface area (Å²) in [6.45, 7) is 10.4. The molecular weight excluding hydrogens is 538 g/mol. The van der Waals surface area contributed by atoms with Crippen molar-refractivity contribution in [3.63, 3.8) is 0 Å². The zero-order chi connectivity index (χ0) is 22.9. The smallest absolute Gasteiger partial charge is 0.254 e. The highest BCUT2D eigenvalue weighted by Gasteiger charge is 2.30. The summed E-state index contributed by atoms with van der Waals surface area (Å²) < 4.78 is 13.7. The van der Waals surface area contributed by atoms with Gasteiger partial charge in [0.15, 0.2) is 5.96 Å². The Morgan fingerprint density at radius 2 is 1.70 bits per heavy atom. The Labute approximate surface area is 213 Å². The van der Waals surface area contributed by atoms with E-state index in [2.05, 4.69) is 25.4 Å². The third kappa shape index (κ3) is 7.53. The van der Waals surface area contributed by atoms with Gasteiger partial charge in [-0.3, -0.25) is 19.5 Å². The molecule has 2 saturated heterocycles. The quantitative estimate of drug-likeness (QED) is 0.225. The van der Waals surface area contributed by atoms with Gasteiger partial charge in [-0.05, 0) is 38.8 Å². The SMILES string of the molecule is CCNC(=NCCNC(=O)c1ccccc1F)N1CCN(C(C)C(=O)N2CCCC2)CC1.I. The molecule has 0 saturated carbocycles. The molecule has 2 heterocycles. The Morgan fingerprint density at radius 3 is 2.33 bits per heavy atom. The molecule has 184 valence electrons. The fourth-order valence-corrected chi connectivity index (χ4v) is 4.18. The van der Waals surface area contributed by atoms with Crippen LogP contribution in [0.4, 0.5) is 4.39 Å². The minimum atomic E-state index is -0.530. The normalized spacial score (nSPS) is 18.0. The van der Waals surface area contributed by atoms with E-state index in [1.54, 1.807) is 12.1 Å². The summed E-state index contributed by atoms with van der Waals surface area (Å²) in [6, 6.07) is 5.84. The molecule has 1 aromatic carbocycles. The van der Waals surface area contributed by atoms with Gasteiger partial charge in [-0.25, -0.2) is 4.39 Å². The van der Waals surface area contributed by atoms with Gasteiger partial charge in [0.05, 0.1) is 18.2 Å². The van der Waals surface area contributed by atoms with Crippen LogP contribution in [0.3, 0.4) is 0 Å². The zero-order valence-corrected chi connectivity index (χ0v) is 21.9. The number of halogens is 2. The van der Waals surface area contributed by atoms with Gasteiger partial charge in [0.1, 0.15) is 5.82 Å². The van der Waals surface area contributed by atoms with Crippen molar-refractivity contribution in [2.24, 2.45) is 4.99 Å². The summed E-state index contributed by atoms with van der Waals surface area (Å²) in [6.07, 6.45) is 2.21. The van der Waals surface area contributed by atoms with Gasteiger partial charge in [-0.2, -0.15) is 0 Å². The molecule has 2 fully saturated rings. The first-order valence-electron chi connectivity index (χ1n) is 11.6. The van der Waals surface area contributed by atoms with Crippen LogP contribution >= 0.6 is 24.0 Å². The van der Waals surface area contributed by atoms with Gasteiger partial charge < -0.3 is 20.4 Å². The summed E-state index contributed by atoms with van der Waals surface area (Å²) >= 11 is 0. The van der Waals surface area contributed by atoms with E-state index in [0.29, 0.717) is 13.1 Å². The number of rotatable bonds is 7. The van der Waals surface area contributed by atoms with E-state index in [-0.39, 0.29) is 41.5 Å². The van der Waals surface area contributed by atoms with Crippen molar-refractivity contribution in [3.05, 3.63) is 35.6 Å². The molecule has 0 spiro atoms. The van der Waals surface area contributed by atoms with Crippen LogP contribution in [0.1, 0.15) is 37.0 Å². The summed E-state index contributed by atoms with van der Waals surface area (Å²) in [5.74, 6) is 0.0682. The molecule has 3 rings (SSSR count). The zero-order valence-electron chi connectivity index (χ0n) is 19.6. The second-order valence-corrected chi connectivity index (χ2v) is 8.20. The second-order valence-electron chi connectivity index (χ2n) is 8.20. The number of nitrogens with zero attached hydrogens (tertiary/aromatic N) is 4. The first-order valence-corrected chi connectivity index (χ1v) is 11.6. The summed E-state index contributed by atoms with van der Waals surface area (Å²) in [4.78, 5) is 35.9. The molecule has 0 aliphatic carbocycles. The lowest BCUT2D eigenvalue weighted by molar-refractivity contribution is -0.135. The number of carbonyl (C=O) groups is 2. The molecular formula is C23H36FIN6O2. The summed E-state index contributed by atoms with van der Waals surface area (Å²) in [7, 11) is 0. The third-order valence-corrected chi connectivity index (χ3v) is 6.05. The fourth-order valence-electron chi connectivity index (χ4n) is 4.18. The number of aliphatic imine (C=N–C) groups is 1. The van der Waals surface area contributed by atoms with E-state index < -0.39 is 11.7 Å². The standard InChI is InChI=1S/C23H35FN6O2.HI/c1-3-25-23(27-11-10-26-21(31)19-8-4-5-9-20(19)24)30-16-14-28(15-17-30)18(2)22(32)29-12-6-7-13-29;/h4-5,8-9,18H,3,6-7,10-17H2,1-2H3,(H,25,27)(H,26,31);1H. The maximum atomic E-state index is 13.7. The fraction of sp³-hybridized carbons (Fsp3) is 0.609. The number of likely N-dealkylation sites (tertiary alicyclic amines) is 1. The van der Waals surface area contributed by atoms with Crippen LogP contribution in [0.25, 0.3) is 0 Å². The van der Waals surface area contributed by atoms with Gasteiger partial charge in [0.25, 0.3) is 5.91 Å². The maximum Gasteiger partial charge on any atom is 0.254 e. The second kappa shape index (κ2) is 13.7. The monoisotopic (exact) mass is 574 g/mol. The molecule has 1 aromatic rings. The molecule has 10 heteroatoms. The van der Waals surface area contributed by atoms with Gasteiger partial charge in [-0.1, -0.05) is 12.1 Å². The first-order chi connectivity index (χ1) is 15.5. The molecule has 0 bridgehead atoms. The van der Waals surface area contributed by atoms with Crippen molar-refractivity contribution in [2.75, 3.05) is 58.9 Å². The molecule has 8 nitrogen and oxygen atoms in total. The molecule has 33 heavy (non-hydrogen) atoms. The molecule has 2 amide bonds. The van der Waals surface area contributed by atoms with E-state index in [1.807, 2.05) is 18.7 Å². The van der Waals surface area contributed by atoms with Crippen molar-refractivity contribution in [3.8, 4) is 0 Å². The van der Waals surface area contributed by atoms with Crippen molar-refractivity contribution in [2.45, 2.75) is 32.7 Å². The number of guanidine groups is 1. The predicted molar refractivity (Wildman–Crippen MR) is 139 cm³/mol. The highest BCUT2D eigenvalue weighted by Crippen LogP contribution is 2.14. The minimum absolute atomic E-state index is 0. The third-order valence-electron chi connectivity index (χ3n) is 6.05. The maximum absolute atomic E-state index is 13.7. The van der Waals surface area contributed by atoms with Crippen LogP contribution in [0.5, 0.6) is 0 Å². The lowest BCUT2D eigenvalue weighted by atomic mass is 10.2. The highest BCUT2D eigenvalue weighted by molar-refractivity contribution is 14.0. The number of amides is 2. The Bertz CT molecular complexity index is 810. The number of carbonyl (C=O) groups excluding carboxylic acids is 2. The van der Waals surface area contributed by atoms with Crippen LogP contribution in [0, 0.1) is 5.82 Å². The van der Waals surface area contributed by atoms with Crippen molar-refractivity contribution in [1.29, 1.82) is 0 Å². The lowest BCUT2D eigenvalue weighted by Crippen LogP contribution is -2.57. The molecule has 0 radical (unpaired) electrons. The predicted octanol–water partition coefficient (Wildman–Crippen LogP) is 1.77. The molecule has 2 aliphatic heterocycles. The Hall–Kier alpha value is -1.95. The van der Waals surface area contributed by atoms with Gasteiger partial charge in [0, 0.05) is 52.4 Å².